The van der Waals surface area contributed by atoms with Crippen molar-refractivity contribution in [1.29, 1.82) is 0 Å². The van der Waals surface area contributed by atoms with Gasteiger partial charge in [-0.05, 0) is 28.8 Å². The van der Waals surface area contributed by atoms with Crippen molar-refractivity contribution < 1.29 is 23.0 Å². The molecule has 0 saturated carbocycles. The standard InChI is InChI=1S/C26H19F3N2O2/c1-2-17-8-10-18(11-9-17)15-33-20-12-13-21(22(32)14-20)24-23(19-6-4-3-5-7-19)25(26(27,28)29)31-16-30-24/h2-14,16,32H,1,15H2. The topological polar surface area (TPSA) is 55.2 Å². The van der Waals surface area contributed by atoms with Gasteiger partial charge in [-0.25, -0.2) is 9.97 Å². The second-order valence-corrected chi connectivity index (χ2v) is 7.22. The molecule has 0 bridgehead atoms. The quantitative estimate of drug-likeness (QED) is 0.354. The van der Waals surface area contributed by atoms with Crippen molar-refractivity contribution in [2.24, 2.45) is 0 Å². The summed E-state index contributed by atoms with van der Waals surface area (Å²) in [6.07, 6.45) is -2.10. The number of phenols is 1. The van der Waals surface area contributed by atoms with Gasteiger partial charge in [0.15, 0.2) is 5.69 Å². The lowest BCUT2D eigenvalue weighted by Crippen LogP contribution is -2.12. The number of hydrogen-bond donors (Lipinski definition) is 1. The van der Waals surface area contributed by atoms with Crippen molar-refractivity contribution >= 4 is 6.08 Å². The van der Waals surface area contributed by atoms with Gasteiger partial charge in [-0.15, -0.1) is 0 Å². The Morgan fingerprint density at radius 2 is 1.67 bits per heavy atom. The van der Waals surface area contributed by atoms with Gasteiger partial charge in [0.25, 0.3) is 0 Å². The van der Waals surface area contributed by atoms with Gasteiger partial charge in [0.05, 0.1) is 5.69 Å². The zero-order valence-electron chi connectivity index (χ0n) is 17.4. The molecule has 0 radical (unpaired) electrons. The van der Waals surface area contributed by atoms with Crippen LogP contribution in [-0.4, -0.2) is 15.1 Å². The van der Waals surface area contributed by atoms with Crippen LogP contribution in [-0.2, 0) is 12.8 Å². The number of phenolic OH excluding ortho intramolecular Hbond substituents is 1. The van der Waals surface area contributed by atoms with Crippen LogP contribution in [0.4, 0.5) is 13.2 Å². The van der Waals surface area contributed by atoms with Gasteiger partial charge in [0.2, 0.25) is 0 Å². The fourth-order valence-electron chi connectivity index (χ4n) is 3.40. The molecule has 1 N–H and O–H groups in total. The molecule has 0 amide bonds. The molecule has 1 aromatic heterocycles. The number of rotatable bonds is 6. The molecule has 0 aliphatic carbocycles. The lowest BCUT2D eigenvalue weighted by atomic mass is 9.96. The van der Waals surface area contributed by atoms with Crippen LogP contribution in [0, 0.1) is 0 Å². The van der Waals surface area contributed by atoms with E-state index < -0.39 is 11.9 Å². The number of ether oxygens (including phenoxy) is 1. The van der Waals surface area contributed by atoms with Gasteiger partial charge in [-0.1, -0.05) is 67.3 Å². The van der Waals surface area contributed by atoms with E-state index in [9.17, 15) is 18.3 Å². The third-order valence-electron chi connectivity index (χ3n) is 5.02. The summed E-state index contributed by atoms with van der Waals surface area (Å²) in [5.41, 5.74) is 1.05. The van der Waals surface area contributed by atoms with Crippen molar-refractivity contribution in [3.8, 4) is 33.9 Å². The van der Waals surface area contributed by atoms with Gasteiger partial charge in [0, 0.05) is 17.2 Å². The molecule has 3 aromatic carbocycles. The molecule has 0 atom stereocenters. The maximum absolute atomic E-state index is 13.7. The summed E-state index contributed by atoms with van der Waals surface area (Å²) >= 11 is 0. The molecule has 33 heavy (non-hydrogen) atoms. The van der Waals surface area contributed by atoms with Crippen molar-refractivity contribution in [3.05, 3.63) is 103 Å². The van der Waals surface area contributed by atoms with E-state index >= 15 is 0 Å². The van der Waals surface area contributed by atoms with Crippen LogP contribution in [0.1, 0.15) is 16.8 Å². The first kappa shape index (κ1) is 22.1. The molecule has 0 aliphatic heterocycles. The zero-order valence-corrected chi connectivity index (χ0v) is 17.4. The van der Waals surface area contributed by atoms with Gasteiger partial charge in [-0.3, -0.25) is 0 Å². The molecule has 166 valence electrons. The van der Waals surface area contributed by atoms with Crippen LogP contribution >= 0.6 is 0 Å². The molecule has 0 unspecified atom stereocenters. The summed E-state index contributed by atoms with van der Waals surface area (Å²) in [5, 5.41) is 10.6. The van der Waals surface area contributed by atoms with E-state index in [1.54, 1.807) is 42.5 Å². The van der Waals surface area contributed by atoms with Crippen molar-refractivity contribution in [3.63, 3.8) is 0 Å². The van der Waals surface area contributed by atoms with Crippen LogP contribution in [0.25, 0.3) is 28.5 Å². The maximum atomic E-state index is 13.7. The van der Waals surface area contributed by atoms with E-state index in [2.05, 4.69) is 16.5 Å². The Hall–Kier alpha value is -4.13. The Morgan fingerprint density at radius 3 is 2.30 bits per heavy atom. The summed E-state index contributed by atoms with van der Waals surface area (Å²) < 4.78 is 46.9. The summed E-state index contributed by atoms with van der Waals surface area (Å²) in [6, 6.07) is 20.1. The molecule has 7 heteroatoms. The minimum atomic E-state index is -4.69. The number of benzene rings is 3. The SMILES string of the molecule is C=Cc1ccc(COc2ccc(-c3ncnc(C(F)(F)F)c3-c3ccccc3)c(O)c2)cc1. The van der Waals surface area contributed by atoms with Crippen LogP contribution in [0.5, 0.6) is 11.5 Å². The Bertz CT molecular complexity index is 1270. The fourth-order valence-corrected chi connectivity index (χ4v) is 3.40. The highest BCUT2D eigenvalue weighted by atomic mass is 19.4. The minimum absolute atomic E-state index is 0.0208. The molecular formula is C26H19F3N2O2. The Morgan fingerprint density at radius 1 is 0.939 bits per heavy atom. The van der Waals surface area contributed by atoms with E-state index in [1.807, 2.05) is 24.3 Å². The minimum Gasteiger partial charge on any atom is -0.507 e. The monoisotopic (exact) mass is 448 g/mol. The number of aromatic nitrogens is 2. The van der Waals surface area contributed by atoms with Gasteiger partial charge >= 0.3 is 6.18 Å². The van der Waals surface area contributed by atoms with E-state index in [-0.39, 0.29) is 29.2 Å². The molecule has 1 heterocycles. The fraction of sp³-hybridized carbons (Fsp3) is 0.0769. The van der Waals surface area contributed by atoms with Crippen molar-refractivity contribution in [2.45, 2.75) is 12.8 Å². The summed E-state index contributed by atoms with van der Waals surface area (Å²) in [4.78, 5) is 7.57. The van der Waals surface area contributed by atoms with E-state index in [0.29, 0.717) is 11.3 Å². The average Bonchev–Trinajstić information content (AvgIpc) is 2.83. The van der Waals surface area contributed by atoms with Gasteiger partial charge < -0.3 is 9.84 Å². The second-order valence-electron chi connectivity index (χ2n) is 7.22. The number of alkyl halides is 3. The first-order valence-electron chi connectivity index (χ1n) is 10.0. The molecular weight excluding hydrogens is 429 g/mol. The number of hydrogen-bond acceptors (Lipinski definition) is 4. The molecule has 0 saturated heterocycles. The third-order valence-corrected chi connectivity index (χ3v) is 5.02. The Balaban J connectivity index is 1.68. The molecule has 0 aliphatic rings. The highest BCUT2D eigenvalue weighted by Crippen LogP contribution is 2.42. The van der Waals surface area contributed by atoms with Crippen molar-refractivity contribution in [1.82, 2.24) is 9.97 Å². The molecule has 4 aromatic rings. The first-order chi connectivity index (χ1) is 15.9. The molecule has 0 fully saturated rings. The van der Waals surface area contributed by atoms with Gasteiger partial charge in [0.1, 0.15) is 24.4 Å². The van der Waals surface area contributed by atoms with E-state index in [1.165, 1.54) is 12.1 Å². The molecule has 4 rings (SSSR count). The smallest absolute Gasteiger partial charge is 0.434 e. The number of nitrogens with zero attached hydrogens (tertiary/aromatic N) is 2. The van der Waals surface area contributed by atoms with Gasteiger partial charge in [-0.2, -0.15) is 13.2 Å². The molecule has 4 nitrogen and oxygen atoms in total. The van der Waals surface area contributed by atoms with E-state index in [4.69, 9.17) is 4.74 Å². The lowest BCUT2D eigenvalue weighted by molar-refractivity contribution is -0.140. The highest BCUT2D eigenvalue weighted by molar-refractivity contribution is 5.85. The largest absolute Gasteiger partial charge is 0.507 e. The maximum Gasteiger partial charge on any atom is 0.434 e. The zero-order chi connectivity index (χ0) is 23.4. The number of aromatic hydroxyl groups is 1. The lowest BCUT2D eigenvalue weighted by Gasteiger charge is -2.16. The van der Waals surface area contributed by atoms with Crippen molar-refractivity contribution in [2.75, 3.05) is 0 Å². The summed E-state index contributed by atoms with van der Waals surface area (Å²) in [5.74, 6) is 0.119. The second kappa shape index (κ2) is 9.16. The van der Waals surface area contributed by atoms with Crippen LogP contribution < -0.4 is 4.74 Å². The summed E-state index contributed by atoms with van der Waals surface area (Å²) in [7, 11) is 0. The normalized spacial score (nSPS) is 11.2. The van der Waals surface area contributed by atoms with Crippen LogP contribution in [0.2, 0.25) is 0 Å². The molecule has 0 spiro atoms. The average molecular weight is 448 g/mol. The Labute approximate surface area is 188 Å². The first-order valence-corrected chi connectivity index (χ1v) is 10.0. The van der Waals surface area contributed by atoms with Crippen LogP contribution in [0.3, 0.4) is 0 Å². The van der Waals surface area contributed by atoms with Crippen LogP contribution in [0.15, 0.2) is 85.7 Å². The number of halogens is 3. The Kier molecular flexibility index (Phi) is 6.13. The predicted molar refractivity (Wildman–Crippen MR) is 120 cm³/mol. The third kappa shape index (κ3) is 4.87. The summed E-state index contributed by atoms with van der Waals surface area (Å²) in [6.45, 7) is 3.97. The van der Waals surface area contributed by atoms with E-state index in [0.717, 1.165) is 17.5 Å². The highest BCUT2D eigenvalue weighted by Gasteiger charge is 2.37. The predicted octanol–water partition coefficient (Wildman–Crippen LogP) is 6.76.